The third-order valence-electron chi connectivity index (χ3n) is 3.49. The van der Waals surface area contributed by atoms with Crippen molar-refractivity contribution in [3.63, 3.8) is 0 Å². The molecule has 0 spiro atoms. The SMILES string of the molecule is CN=C(NCCC1=CCOCC1)NCCc1nc(C(F)(F)F)cs1.I. The minimum Gasteiger partial charge on any atom is -0.377 e. The number of nitrogens with one attached hydrogen (secondary N) is 2. The number of hydrogen-bond donors (Lipinski definition) is 2. The summed E-state index contributed by atoms with van der Waals surface area (Å²) in [5, 5.41) is 7.78. The summed E-state index contributed by atoms with van der Waals surface area (Å²) in [6, 6.07) is 0. The second-order valence-corrected chi connectivity index (χ2v) is 6.18. The first-order valence-electron chi connectivity index (χ1n) is 7.71. The summed E-state index contributed by atoms with van der Waals surface area (Å²) in [5.41, 5.74) is 0.543. The van der Waals surface area contributed by atoms with Crippen LogP contribution >= 0.6 is 35.3 Å². The van der Waals surface area contributed by atoms with Gasteiger partial charge in [0.1, 0.15) is 0 Å². The fourth-order valence-electron chi connectivity index (χ4n) is 2.20. The standard InChI is InChI=1S/C15H21F3N4OS.HI/c1-19-14(20-6-2-11-4-8-23-9-5-11)21-7-3-13-22-12(10-24-13)15(16,17)18;/h4,10H,2-3,5-9H2,1H3,(H2,19,20,21);1H. The van der Waals surface area contributed by atoms with Crippen molar-refractivity contribution in [2.24, 2.45) is 4.99 Å². The number of nitrogens with zero attached hydrogens (tertiary/aromatic N) is 2. The van der Waals surface area contributed by atoms with E-state index >= 15 is 0 Å². The molecule has 1 aliphatic rings. The van der Waals surface area contributed by atoms with Crippen LogP contribution in [0.1, 0.15) is 23.5 Å². The molecule has 0 aliphatic carbocycles. The predicted molar refractivity (Wildman–Crippen MR) is 104 cm³/mol. The summed E-state index contributed by atoms with van der Waals surface area (Å²) in [5.74, 6) is 0.635. The molecule has 0 saturated heterocycles. The maximum Gasteiger partial charge on any atom is 0.434 e. The van der Waals surface area contributed by atoms with E-state index in [1.807, 2.05) is 0 Å². The minimum absolute atomic E-state index is 0. The van der Waals surface area contributed by atoms with Gasteiger partial charge in [-0.1, -0.05) is 11.6 Å². The first-order chi connectivity index (χ1) is 11.5. The van der Waals surface area contributed by atoms with Gasteiger partial charge in [0.15, 0.2) is 11.7 Å². The van der Waals surface area contributed by atoms with E-state index in [4.69, 9.17) is 4.74 Å². The summed E-state index contributed by atoms with van der Waals surface area (Å²) in [4.78, 5) is 7.70. The Balaban J connectivity index is 0.00000312. The molecule has 0 bridgehead atoms. The van der Waals surface area contributed by atoms with Crippen molar-refractivity contribution < 1.29 is 17.9 Å². The number of thiazole rings is 1. The first kappa shape index (κ1) is 22.2. The summed E-state index contributed by atoms with van der Waals surface area (Å²) in [6.45, 7) is 2.67. The Kier molecular flexibility index (Phi) is 9.72. The van der Waals surface area contributed by atoms with Crippen LogP contribution in [0.15, 0.2) is 22.0 Å². The molecule has 1 aromatic rings. The van der Waals surface area contributed by atoms with Crippen molar-refractivity contribution in [1.82, 2.24) is 15.6 Å². The van der Waals surface area contributed by atoms with E-state index in [1.54, 1.807) is 7.05 Å². The monoisotopic (exact) mass is 490 g/mol. The number of aromatic nitrogens is 1. The Morgan fingerprint density at radius 1 is 1.32 bits per heavy atom. The maximum atomic E-state index is 12.5. The molecule has 1 aromatic heterocycles. The third-order valence-corrected chi connectivity index (χ3v) is 4.40. The van der Waals surface area contributed by atoms with Crippen molar-refractivity contribution >= 4 is 41.3 Å². The highest BCUT2D eigenvalue weighted by atomic mass is 127. The van der Waals surface area contributed by atoms with Gasteiger partial charge in [-0.15, -0.1) is 35.3 Å². The molecule has 0 unspecified atom stereocenters. The second-order valence-electron chi connectivity index (χ2n) is 5.24. The largest absolute Gasteiger partial charge is 0.434 e. The van der Waals surface area contributed by atoms with Gasteiger partial charge >= 0.3 is 6.18 Å². The molecular weight excluding hydrogens is 468 g/mol. The molecule has 0 atom stereocenters. The molecule has 0 radical (unpaired) electrons. The molecule has 25 heavy (non-hydrogen) atoms. The van der Waals surface area contributed by atoms with Crippen LogP contribution in [0.2, 0.25) is 0 Å². The molecule has 5 nitrogen and oxygen atoms in total. The van der Waals surface area contributed by atoms with Crippen LogP contribution in [0.3, 0.4) is 0 Å². The fourth-order valence-corrected chi connectivity index (χ4v) is 3.00. The fraction of sp³-hybridized carbons (Fsp3) is 0.600. The van der Waals surface area contributed by atoms with Crippen molar-refractivity contribution in [2.45, 2.75) is 25.4 Å². The highest BCUT2D eigenvalue weighted by Gasteiger charge is 2.33. The number of hydrogen-bond acceptors (Lipinski definition) is 4. The van der Waals surface area contributed by atoms with Crippen LogP contribution in [-0.4, -0.2) is 44.3 Å². The Labute approximate surface area is 166 Å². The molecule has 1 aliphatic heterocycles. The van der Waals surface area contributed by atoms with Crippen molar-refractivity contribution in [3.05, 3.63) is 27.7 Å². The van der Waals surface area contributed by atoms with E-state index < -0.39 is 11.9 Å². The van der Waals surface area contributed by atoms with Crippen LogP contribution in [0.4, 0.5) is 13.2 Å². The molecule has 0 aromatic carbocycles. The average Bonchev–Trinajstić information content (AvgIpc) is 3.03. The lowest BCUT2D eigenvalue weighted by Crippen LogP contribution is -2.38. The minimum atomic E-state index is -4.38. The van der Waals surface area contributed by atoms with E-state index in [-0.39, 0.29) is 24.0 Å². The van der Waals surface area contributed by atoms with Gasteiger partial charge in [-0.3, -0.25) is 4.99 Å². The van der Waals surface area contributed by atoms with Crippen molar-refractivity contribution in [3.8, 4) is 0 Å². The average molecular weight is 490 g/mol. The number of halogens is 4. The van der Waals surface area contributed by atoms with E-state index in [9.17, 15) is 13.2 Å². The van der Waals surface area contributed by atoms with Crippen LogP contribution in [0.5, 0.6) is 0 Å². The van der Waals surface area contributed by atoms with Crippen LogP contribution < -0.4 is 10.6 Å². The lowest BCUT2D eigenvalue weighted by Gasteiger charge is -2.15. The third kappa shape index (κ3) is 7.90. The molecule has 0 fully saturated rings. The molecule has 2 heterocycles. The molecule has 0 saturated carbocycles. The highest BCUT2D eigenvalue weighted by molar-refractivity contribution is 14.0. The normalized spacial score (nSPS) is 15.4. The summed E-state index contributed by atoms with van der Waals surface area (Å²) in [7, 11) is 1.66. The topological polar surface area (TPSA) is 58.5 Å². The predicted octanol–water partition coefficient (Wildman–Crippen LogP) is 3.22. The summed E-state index contributed by atoms with van der Waals surface area (Å²) in [6.07, 6.45) is 0.0232. The van der Waals surface area contributed by atoms with Gasteiger partial charge in [-0.2, -0.15) is 13.2 Å². The molecule has 2 rings (SSSR count). The molecule has 142 valence electrons. The van der Waals surface area contributed by atoms with Crippen LogP contribution in [0, 0.1) is 0 Å². The Hall–Kier alpha value is -0.880. The van der Waals surface area contributed by atoms with Crippen molar-refractivity contribution in [1.29, 1.82) is 0 Å². The number of guanidine groups is 1. The maximum absolute atomic E-state index is 12.5. The first-order valence-corrected chi connectivity index (χ1v) is 8.59. The van der Waals surface area contributed by atoms with Gasteiger partial charge in [0.2, 0.25) is 0 Å². The lowest BCUT2D eigenvalue weighted by molar-refractivity contribution is -0.140. The molecule has 0 amide bonds. The van der Waals surface area contributed by atoms with E-state index in [0.29, 0.717) is 30.5 Å². The van der Waals surface area contributed by atoms with Gasteiger partial charge in [0.25, 0.3) is 0 Å². The van der Waals surface area contributed by atoms with Gasteiger partial charge in [0, 0.05) is 31.9 Å². The summed E-state index contributed by atoms with van der Waals surface area (Å²) >= 11 is 1.02. The van der Waals surface area contributed by atoms with Gasteiger partial charge < -0.3 is 15.4 Å². The Morgan fingerprint density at radius 2 is 2.04 bits per heavy atom. The Morgan fingerprint density at radius 3 is 2.60 bits per heavy atom. The van der Waals surface area contributed by atoms with Crippen LogP contribution in [-0.2, 0) is 17.3 Å². The highest BCUT2D eigenvalue weighted by Crippen LogP contribution is 2.29. The number of alkyl halides is 3. The van der Waals surface area contributed by atoms with E-state index in [0.717, 1.165) is 42.7 Å². The Bertz CT molecular complexity index is 590. The van der Waals surface area contributed by atoms with Gasteiger partial charge in [0.05, 0.1) is 18.2 Å². The zero-order valence-electron chi connectivity index (χ0n) is 13.9. The van der Waals surface area contributed by atoms with Gasteiger partial charge in [-0.25, -0.2) is 4.98 Å². The second kappa shape index (κ2) is 11.0. The molecular formula is C15H22F3IN4OS. The zero-order chi connectivity index (χ0) is 17.4. The quantitative estimate of drug-likeness (QED) is 0.279. The number of aliphatic imine (C=N–C) groups is 1. The van der Waals surface area contributed by atoms with Gasteiger partial charge in [-0.05, 0) is 12.8 Å². The number of ether oxygens (including phenoxy) is 1. The zero-order valence-corrected chi connectivity index (χ0v) is 17.0. The number of rotatable bonds is 6. The van der Waals surface area contributed by atoms with Crippen molar-refractivity contribution in [2.75, 3.05) is 33.4 Å². The lowest BCUT2D eigenvalue weighted by atomic mass is 10.1. The smallest absolute Gasteiger partial charge is 0.377 e. The van der Waals surface area contributed by atoms with Crippen LogP contribution in [0.25, 0.3) is 0 Å². The van der Waals surface area contributed by atoms with E-state index in [2.05, 4.69) is 26.7 Å². The molecule has 10 heteroatoms. The van der Waals surface area contributed by atoms with E-state index in [1.165, 1.54) is 5.57 Å². The summed E-state index contributed by atoms with van der Waals surface area (Å²) < 4.78 is 42.7. The molecule has 2 N–H and O–H groups in total.